The summed E-state index contributed by atoms with van der Waals surface area (Å²) in [4.78, 5) is 16.3. The summed E-state index contributed by atoms with van der Waals surface area (Å²) >= 11 is 0. The minimum atomic E-state index is -0.144. The van der Waals surface area contributed by atoms with Crippen molar-refractivity contribution in [3.63, 3.8) is 0 Å². The molecule has 3 aromatic heterocycles. The molecule has 0 amide bonds. The van der Waals surface area contributed by atoms with Crippen LogP contribution >= 0.6 is 0 Å². The van der Waals surface area contributed by atoms with Crippen molar-refractivity contribution in [3.05, 3.63) is 223 Å². The van der Waals surface area contributed by atoms with Crippen molar-refractivity contribution in [2.24, 2.45) is 0 Å². The van der Waals surface area contributed by atoms with E-state index in [1.165, 1.54) is 43.8 Å². The van der Waals surface area contributed by atoms with Gasteiger partial charge in [-0.25, -0.2) is 15.0 Å². The maximum absolute atomic E-state index is 6.86. The van der Waals surface area contributed by atoms with Gasteiger partial charge in [-0.2, -0.15) is 0 Å². The molecule has 0 spiro atoms. The normalized spacial score (nSPS) is 12.4. The van der Waals surface area contributed by atoms with Gasteiger partial charge in [-0.05, 0) is 126 Å². The van der Waals surface area contributed by atoms with Crippen molar-refractivity contribution >= 4 is 87.0 Å². The predicted molar refractivity (Wildman–Crippen MR) is 285 cm³/mol. The molecule has 1 unspecified atom stereocenters. The molecule has 324 valence electrons. The van der Waals surface area contributed by atoms with E-state index in [4.69, 9.17) is 23.8 Å². The third kappa shape index (κ3) is 6.35. The van der Waals surface area contributed by atoms with Crippen LogP contribution in [0.4, 0.5) is 0 Å². The minimum absolute atomic E-state index is 0.144. The molecule has 0 saturated carbocycles. The average Bonchev–Trinajstić information content (AvgIpc) is 3.95. The number of rotatable bonds is 6. The predicted octanol–water partition coefficient (Wildman–Crippen LogP) is 17.4. The molecule has 3 heterocycles. The molecule has 5 heteroatoms. The quantitative estimate of drug-likeness (QED) is 0.166. The highest BCUT2D eigenvalue weighted by atomic mass is 16.3. The Balaban J connectivity index is 1.07. The van der Waals surface area contributed by atoms with Crippen LogP contribution in [0.15, 0.2) is 215 Å². The Labute approximate surface area is 397 Å². The Bertz CT molecular complexity index is 4420. The van der Waals surface area contributed by atoms with Gasteiger partial charge in [-0.3, -0.25) is 0 Å². The molecular weight excluding hydrogens is 843 g/mol. The van der Waals surface area contributed by atoms with Crippen molar-refractivity contribution in [2.75, 3.05) is 0 Å². The number of aryl methyl sites for hydroxylation is 1. The molecule has 0 aliphatic rings. The average molecular weight is 884 g/mol. The monoisotopic (exact) mass is 883 g/mol. The Hall–Kier alpha value is -8.93. The van der Waals surface area contributed by atoms with Gasteiger partial charge < -0.3 is 8.83 Å². The van der Waals surface area contributed by atoms with Gasteiger partial charge >= 0.3 is 0 Å². The summed E-state index contributed by atoms with van der Waals surface area (Å²) in [5, 5.41) is 13.5. The van der Waals surface area contributed by atoms with E-state index in [1.54, 1.807) is 0 Å². The molecule has 0 aliphatic carbocycles. The van der Waals surface area contributed by atoms with Crippen LogP contribution < -0.4 is 0 Å². The fraction of sp³-hybridized carbons (Fsp3) is 0.0469. The van der Waals surface area contributed by atoms with Crippen molar-refractivity contribution in [2.45, 2.75) is 19.8 Å². The minimum Gasteiger partial charge on any atom is -0.456 e. The van der Waals surface area contributed by atoms with Gasteiger partial charge in [0, 0.05) is 44.2 Å². The topological polar surface area (TPSA) is 65.0 Å². The largest absolute Gasteiger partial charge is 0.456 e. The lowest BCUT2D eigenvalue weighted by Gasteiger charge is -2.23. The molecule has 1 atom stereocenters. The zero-order chi connectivity index (χ0) is 45.7. The Morgan fingerprint density at radius 1 is 0.333 bits per heavy atom. The van der Waals surface area contributed by atoms with Crippen LogP contribution in [0, 0.1) is 6.92 Å². The number of nitrogens with zero attached hydrogens (tertiary/aromatic N) is 3. The van der Waals surface area contributed by atoms with E-state index < -0.39 is 0 Å². The summed E-state index contributed by atoms with van der Waals surface area (Å²) in [6.07, 6.45) is 0. The highest BCUT2D eigenvalue weighted by Crippen LogP contribution is 2.46. The third-order valence-electron chi connectivity index (χ3n) is 14.3. The molecule has 0 aliphatic heterocycles. The van der Waals surface area contributed by atoms with Crippen LogP contribution in [-0.2, 0) is 0 Å². The van der Waals surface area contributed by atoms with Crippen LogP contribution in [0.25, 0.3) is 132 Å². The number of para-hydroxylation sites is 1. The van der Waals surface area contributed by atoms with E-state index in [-0.39, 0.29) is 5.92 Å². The lowest BCUT2D eigenvalue weighted by Crippen LogP contribution is -2.06. The second kappa shape index (κ2) is 15.3. The van der Waals surface area contributed by atoms with Gasteiger partial charge in [-0.15, -0.1) is 0 Å². The van der Waals surface area contributed by atoms with Crippen molar-refractivity contribution in [1.29, 1.82) is 0 Å². The molecule has 5 nitrogen and oxygen atoms in total. The molecule has 14 aromatic rings. The second-order valence-corrected chi connectivity index (χ2v) is 18.4. The van der Waals surface area contributed by atoms with E-state index in [1.807, 2.05) is 18.2 Å². The van der Waals surface area contributed by atoms with Crippen LogP contribution in [0.1, 0.15) is 29.5 Å². The van der Waals surface area contributed by atoms with Crippen LogP contribution in [-0.4, -0.2) is 15.0 Å². The van der Waals surface area contributed by atoms with Gasteiger partial charge in [0.25, 0.3) is 0 Å². The van der Waals surface area contributed by atoms with Gasteiger partial charge in [0.15, 0.2) is 17.5 Å². The first kappa shape index (κ1) is 39.3. The van der Waals surface area contributed by atoms with Crippen molar-refractivity contribution < 1.29 is 8.83 Å². The number of fused-ring (bicyclic) bond motifs is 10. The molecule has 0 N–H and O–H groups in total. The van der Waals surface area contributed by atoms with Gasteiger partial charge in [-0.1, -0.05) is 165 Å². The van der Waals surface area contributed by atoms with E-state index in [0.29, 0.717) is 17.5 Å². The molecule has 11 aromatic carbocycles. The molecule has 0 saturated heterocycles. The van der Waals surface area contributed by atoms with Gasteiger partial charge in [0.05, 0.1) is 0 Å². The molecule has 0 fully saturated rings. The lowest BCUT2D eigenvalue weighted by molar-refractivity contribution is 0.669. The highest BCUT2D eigenvalue weighted by Gasteiger charge is 2.26. The molecule has 69 heavy (non-hydrogen) atoms. The molecular formula is C64H41N3O2. The van der Waals surface area contributed by atoms with E-state index >= 15 is 0 Å². The van der Waals surface area contributed by atoms with E-state index in [0.717, 1.165) is 87.7 Å². The third-order valence-corrected chi connectivity index (χ3v) is 14.3. The number of benzene rings is 11. The highest BCUT2D eigenvalue weighted by molar-refractivity contribution is 6.11. The van der Waals surface area contributed by atoms with Crippen LogP contribution in [0.5, 0.6) is 0 Å². The number of hydrogen-bond acceptors (Lipinski definition) is 5. The first-order chi connectivity index (χ1) is 34.0. The zero-order valence-electron chi connectivity index (χ0n) is 37.9. The van der Waals surface area contributed by atoms with Gasteiger partial charge in [0.2, 0.25) is 0 Å². The summed E-state index contributed by atoms with van der Waals surface area (Å²) in [5.41, 5.74) is 11.8. The summed E-state index contributed by atoms with van der Waals surface area (Å²) in [6.45, 7) is 4.57. The number of furan rings is 2. The SMILES string of the molecule is Cc1cc2ccccc2cc1-c1ccc2ccccc2c1C(C)c1cc2c(cc1-c1nc(-c3ccc4c(c3)oc3ccccc34)nc(-c3cccc4ccccc34)n1)oc1cc3ccccc3cc12. The summed E-state index contributed by atoms with van der Waals surface area (Å²) in [5.74, 6) is 1.56. The second-order valence-electron chi connectivity index (χ2n) is 18.4. The number of hydrogen-bond donors (Lipinski definition) is 0. The Kier molecular flexibility index (Phi) is 8.71. The maximum atomic E-state index is 6.86. The van der Waals surface area contributed by atoms with Crippen molar-refractivity contribution in [1.82, 2.24) is 15.0 Å². The van der Waals surface area contributed by atoms with E-state index in [2.05, 4.69) is 202 Å². The smallest absolute Gasteiger partial charge is 0.164 e. The van der Waals surface area contributed by atoms with Crippen LogP contribution in [0.3, 0.4) is 0 Å². The standard InChI is InChI=1S/C64H41N3O2/c1-37-30-41-16-3-4-17-42(41)31-52(37)50-29-26-40-15-8-10-22-47(40)61(50)38(2)53-35-55-54-32-43-18-5-6-19-44(43)33-59(54)69-60(55)36-56(53)64-66-62(45-27-28-49-48-23-11-12-25-57(48)68-58(49)34-45)65-63(67-64)51-24-13-20-39-14-7-9-21-46(39)51/h3-36,38H,1-2H3. The maximum Gasteiger partial charge on any atom is 0.164 e. The first-order valence-electron chi connectivity index (χ1n) is 23.6. The zero-order valence-corrected chi connectivity index (χ0v) is 37.9. The summed E-state index contributed by atoms with van der Waals surface area (Å²) in [6, 6.07) is 73.3. The lowest BCUT2D eigenvalue weighted by atomic mass is 9.80. The fourth-order valence-electron chi connectivity index (χ4n) is 10.9. The van der Waals surface area contributed by atoms with E-state index in [9.17, 15) is 0 Å². The van der Waals surface area contributed by atoms with Crippen LogP contribution in [0.2, 0.25) is 0 Å². The van der Waals surface area contributed by atoms with Gasteiger partial charge in [0.1, 0.15) is 22.3 Å². The number of aromatic nitrogens is 3. The Morgan fingerprint density at radius 3 is 1.68 bits per heavy atom. The van der Waals surface area contributed by atoms with Crippen molar-refractivity contribution in [3.8, 4) is 45.3 Å². The summed E-state index contributed by atoms with van der Waals surface area (Å²) < 4.78 is 13.3. The Morgan fingerprint density at radius 2 is 0.884 bits per heavy atom. The first-order valence-corrected chi connectivity index (χ1v) is 23.6. The molecule has 14 rings (SSSR count). The fourth-order valence-corrected chi connectivity index (χ4v) is 10.9. The summed E-state index contributed by atoms with van der Waals surface area (Å²) in [7, 11) is 0. The molecule has 0 bridgehead atoms. The molecule has 0 radical (unpaired) electrons.